The number of ether oxygens (including phenoxy) is 3. The first-order valence-electron chi connectivity index (χ1n) is 8.66. The summed E-state index contributed by atoms with van der Waals surface area (Å²) in [6.07, 6.45) is 1.05. The van der Waals surface area contributed by atoms with Gasteiger partial charge in [0.1, 0.15) is 5.75 Å². The number of carboxylic acid groups (broad SMARTS) is 1. The summed E-state index contributed by atoms with van der Waals surface area (Å²) in [7, 11) is 1.66. The van der Waals surface area contributed by atoms with Crippen LogP contribution in [0.5, 0.6) is 17.2 Å². The van der Waals surface area contributed by atoms with Gasteiger partial charge in [0.15, 0.2) is 11.5 Å². The first-order valence-corrected chi connectivity index (χ1v) is 8.66. The summed E-state index contributed by atoms with van der Waals surface area (Å²) in [5, 5.41) is 9.02. The Labute approximate surface area is 151 Å². The highest BCUT2D eigenvalue weighted by Crippen LogP contribution is 2.39. The van der Waals surface area contributed by atoms with Gasteiger partial charge in [-0.3, -0.25) is 4.90 Å². The number of carbonyl (C=O) groups is 1. The summed E-state index contributed by atoms with van der Waals surface area (Å²) in [5.41, 5.74) is 2.60. The van der Waals surface area contributed by atoms with Crippen molar-refractivity contribution in [2.24, 2.45) is 0 Å². The number of carboxylic acids is 1. The maximum atomic E-state index is 11.0. The quantitative estimate of drug-likeness (QED) is 0.889. The highest BCUT2D eigenvalue weighted by atomic mass is 16.7. The third kappa shape index (κ3) is 3.20. The van der Waals surface area contributed by atoms with E-state index in [4.69, 9.17) is 19.3 Å². The fourth-order valence-electron chi connectivity index (χ4n) is 3.67. The summed E-state index contributed by atoms with van der Waals surface area (Å²) < 4.78 is 16.4. The molecule has 0 bridgehead atoms. The lowest BCUT2D eigenvalue weighted by molar-refractivity contribution is 0.0697. The van der Waals surface area contributed by atoms with Crippen LogP contribution in [0.3, 0.4) is 0 Å². The minimum absolute atomic E-state index is 0.250. The first-order chi connectivity index (χ1) is 12.6. The topological polar surface area (TPSA) is 68.2 Å². The van der Waals surface area contributed by atoms with Crippen LogP contribution in [0.1, 0.15) is 33.8 Å². The van der Waals surface area contributed by atoms with E-state index in [0.29, 0.717) is 11.5 Å². The fourth-order valence-corrected chi connectivity index (χ4v) is 3.67. The van der Waals surface area contributed by atoms with Crippen molar-refractivity contribution >= 4 is 5.97 Å². The summed E-state index contributed by atoms with van der Waals surface area (Å²) >= 11 is 0. The van der Waals surface area contributed by atoms with Crippen molar-refractivity contribution in [3.8, 4) is 17.2 Å². The fraction of sp³-hybridized carbons (Fsp3) is 0.350. The van der Waals surface area contributed by atoms with Crippen molar-refractivity contribution in [1.82, 2.24) is 4.90 Å². The van der Waals surface area contributed by atoms with Crippen molar-refractivity contribution < 1.29 is 24.1 Å². The maximum absolute atomic E-state index is 11.0. The molecule has 0 aliphatic carbocycles. The van der Waals surface area contributed by atoms with Crippen LogP contribution < -0.4 is 14.2 Å². The molecule has 2 aliphatic rings. The van der Waals surface area contributed by atoms with E-state index in [2.05, 4.69) is 4.90 Å². The molecule has 0 saturated carbocycles. The molecule has 26 heavy (non-hydrogen) atoms. The van der Waals surface area contributed by atoms with Crippen molar-refractivity contribution in [2.45, 2.75) is 18.9 Å². The summed E-state index contributed by atoms with van der Waals surface area (Å²) in [6, 6.07) is 11.1. The third-order valence-corrected chi connectivity index (χ3v) is 5.07. The molecule has 1 N–H and O–H groups in total. The van der Waals surface area contributed by atoms with Crippen LogP contribution in [0.4, 0.5) is 0 Å². The number of nitrogens with zero attached hydrogens (tertiary/aromatic N) is 1. The summed E-state index contributed by atoms with van der Waals surface area (Å²) in [6.45, 7) is 2.95. The number of fused-ring (bicyclic) bond motifs is 1. The van der Waals surface area contributed by atoms with Gasteiger partial charge in [0.25, 0.3) is 0 Å². The smallest absolute Gasteiger partial charge is 0.335 e. The SMILES string of the molecule is COc1cc2c(cc1CN1CCC(c3ccc(C(=O)O)cc3)C1)OCO2. The number of benzene rings is 2. The molecule has 2 aliphatic heterocycles. The number of rotatable bonds is 5. The zero-order valence-electron chi connectivity index (χ0n) is 14.6. The Morgan fingerprint density at radius 2 is 1.96 bits per heavy atom. The van der Waals surface area contributed by atoms with Gasteiger partial charge in [0, 0.05) is 24.7 Å². The van der Waals surface area contributed by atoms with Gasteiger partial charge in [-0.15, -0.1) is 0 Å². The Bertz CT molecular complexity index is 818. The Morgan fingerprint density at radius 1 is 1.23 bits per heavy atom. The standard InChI is InChI=1S/C20H21NO5/c1-24-17-9-19-18(25-12-26-19)8-16(17)11-21-7-6-15(10-21)13-2-4-14(5-3-13)20(22)23/h2-5,8-9,15H,6-7,10-12H2,1H3,(H,22,23). The van der Waals surface area contributed by atoms with Crippen LogP contribution >= 0.6 is 0 Å². The highest BCUT2D eigenvalue weighted by molar-refractivity contribution is 5.87. The zero-order valence-corrected chi connectivity index (χ0v) is 14.6. The largest absolute Gasteiger partial charge is 0.496 e. The molecule has 6 nitrogen and oxygen atoms in total. The van der Waals surface area contributed by atoms with E-state index in [1.807, 2.05) is 24.3 Å². The van der Waals surface area contributed by atoms with E-state index >= 15 is 0 Å². The molecular weight excluding hydrogens is 334 g/mol. The van der Waals surface area contributed by atoms with Gasteiger partial charge in [-0.05, 0) is 42.6 Å². The number of methoxy groups -OCH3 is 1. The van der Waals surface area contributed by atoms with Gasteiger partial charge < -0.3 is 19.3 Å². The normalized spacial score (nSPS) is 18.9. The molecule has 136 valence electrons. The van der Waals surface area contributed by atoms with Gasteiger partial charge >= 0.3 is 5.97 Å². The number of hydrogen-bond acceptors (Lipinski definition) is 5. The van der Waals surface area contributed by atoms with E-state index in [1.54, 1.807) is 19.2 Å². The minimum Gasteiger partial charge on any atom is -0.496 e. The van der Waals surface area contributed by atoms with Crippen molar-refractivity contribution in [3.05, 3.63) is 53.1 Å². The number of aromatic carboxylic acids is 1. The summed E-state index contributed by atoms with van der Waals surface area (Å²) in [4.78, 5) is 13.4. The Kier molecular flexibility index (Phi) is 4.42. The Balaban J connectivity index is 1.45. The van der Waals surface area contributed by atoms with Gasteiger partial charge in [0.2, 0.25) is 6.79 Å². The molecule has 0 amide bonds. The molecule has 0 spiro atoms. The Hall–Kier alpha value is -2.73. The van der Waals surface area contributed by atoms with Crippen LogP contribution in [-0.4, -0.2) is 43.0 Å². The lowest BCUT2D eigenvalue weighted by atomic mass is 9.97. The van der Waals surface area contributed by atoms with E-state index in [0.717, 1.165) is 48.9 Å². The molecule has 1 unspecified atom stereocenters. The van der Waals surface area contributed by atoms with Gasteiger partial charge in [-0.25, -0.2) is 4.79 Å². The minimum atomic E-state index is -0.889. The maximum Gasteiger partial charge on any atom is 0.335 e. The van der Waals surface area contributed by atoms with E-state index < -0.39 is 5.97 Å². The van der Waals surface area contributed by atoms with Gasteiger partial charge in [0.05, 0.1) is 12.7 Å². The lowest BCUT2D eigenvalue weighted by Crippen LogP contribution is -2.20. The first kappa shape index (κ1) is 16.7. The molecule has 0 radical (unpaired) electrons. The van der Waals surface area contributed by atoms with Crippen LogP contribution in [0.2, 0.25) is 0 Å². The van der Waals surface area contributed by atoms with Gasteiger partial charge in [-0.1, -0.05) is 12.1 Å². The number of likely N-dealkylation sites (tertiary alicyclic amines) is 1. The van der Waals surface area contributed by atoms with Gasteiger partial charge in [-0.2, -0.15) is 0 Å². The molecule has 4 rings (SSSR count). The molecule has 2 aromatic rings. The van der Waals surface area contributed by atoms with Crippen LogP contribution in [0.15, 0.2) is 36.4 Å². The van der Waals surface area contributed by atoms with Crippen LogP contribution in [0, 0.1) is 0 Å². The Morgan fingerprint density at radius 3 is 2.65 bits per heavy atom. The van der Waals surface area contributed by atoms with Crippen LogP contribution in [0.25, 0.3) is 0 Å². The average Bonchev–Trinajstić information content (AvgIpc) is 3.30. The predicted octanol–water partition coefficient (Wildman–Crippen LogP) is 3.11. The molecule has 1 saturated heterocycles. The zero-order chi connectivity index (χ0) is 18.1. The second-order valence-corrected chi connectivity index (χ2v) is 6.67. The second-order valence-electron chi connectivity index (χ2n) is 6.67. The molecule has 0 aromatic heterocycles. The average molecular weight is 355 g/mol. The second kappa shape index (κ2) is 6.88. The molecule has 2 aromatic carbocycles. The molecular formula is C20H21NO5. The summed E-state index contributed by atoms with van der Waals surface area (Å²) in [5.74, 6) is 1.82. The molecule has 2 heterocycles. The monoisotopic (exact) mass is 355 g/mol. The van der Waals surface area contributed by atoms with Crippen molar-refractivity contribution in [1.29, 1.82) is 0 Å². The highest BCUT2D eigenvalue weighted by Gasteiger charge is 2.26. The van der Waals surface area contributed by atoms with Crippen LogP contribution in [-0.2, 0) is 6.54 Å². The molecule has 6 heteroatoms. The van der Waals surface area contributed by atoms with Crippen molar-refractivity contribution in [3.63, 3.8) is 0 Å². The third-order valence-electron chi connectivity index (χ3n) is 5.07. The van der Waals surface area contributed by atoms with E-state index in [-0.39, 0.29) is 6.79 Å². The van der Waals surface area contributed by atoms with E-state index in [1.165, 1.54) is 5.56 Å². The molecule has 1 atom stereocenters. The lowest BCUT2D eigenvalue weighted by Gasteiger charge is -2.18. The predicted molar refractivity (Wildman–Crippen MR) is 95.2 cm³/mol. The molecule has 1 fully saturated rings. The number of hydrogen-bond donors (Lipinski definition) is 1. The van der Waals surface area contributed by atoms with E-state index in [9.17, 15) is 4.79 Å². The van der Waals surface area contributed by atoms with Crippen molar-refractivity contribution in [2.75, 3.05) is 27.0 Å².